The minimum Gasteiger partial charge on any atom is -0.366 e. The number of nitrogens with one attached hydrogen (secondary N) is 1. The van der Waals surface area contributed by atoms with E-state index in [2.05, 4.69) is 11.6 Å². The highest BCUT2D eigenvalue weighted by Gasteiger charge is 2.05. The third-order valence-electron chi connectivity index (χ3n) is 2.34. The Kier molecular flexibility index (Phi) is 2.29. The largest absolute Gasteiger partial charge is 0.366 e. The summed E-state index contributed by atoms with van der Waals surface area (Å²) in [7, 11) is 0. The summed E-state index contributed by atoms with van der Waals surface area (Å²) in [5.74, 6) is -0.450. The Morgan fingerprint density at radius 3 is 2.80 bits per heavy atom. The maximum absolute atomic E-state index is 10.8. The molecule has 2 rings (SSSR count). The minimum atomic E-state index is -0.450. The normalized spacial score (nSPS) is 10.4. The molecule has 0 spiro atoms. The number of hydrogen-bond acceptors (Lipinski definition) is 1. The summed E-state index contributed by atoms with van der Waals surface area (Å²) in [6, 6.07) is 9.95. The number of carbonyl (C=O) groups is 1. The summed E-state index contributed by atoms with van der Waals surface area (Å²) in [6.45, 7) is 3.63. The predicted octanol–water partition coefficient (Wildman–Crippen LogP) is 1.75. The molecule has 0 fully saturated rings. The van der Waals surface area contributed by atoms with Crippen LogP contribution in [0.2, 0.25) is 0 Å². The quantitative estimate of drug-likeness (QED) is 0.728. The molecule has 0 aliphatic carbocycles. The molecule has 0 atom stereocenters. The van der Waals surface area contributed by atoms with Crippen LogP contribution in [0.15, 0.2) is 42.5 Å². The van der Waals surface area contributed by atoms with E-state index in [1.165, 1.54) is 0 Å². The summed E-state index contributed by atoms with van der Waals surface area (Å²) in [5.41, 5.74) is 7.56. The summed E-state index contributed by atoms with van der Waals surface area (Å²) >= 11 is 0. The highest BCUT2D eigenvalue weighted by molar-refractivity contribution is 5.92. The van der Waals surface area contributed by atoms with Gasteiger partial charge in [0, 0.05) is 23.2 Å². The van der Waals surface area contributed by atoms with Gasteiger partial charge in [-0.25, -0.2) is 0 Å². The minimum absolute atomic E-state index is 0.418. The van der Waals surface area contributed by atoms with Crippen LogP contribution >= 0.6 is 0 Å². The highest BCUT2D eigenvalue weighted by atomic mass is 16.1. The third-order valence-corrected chi connectivity index (χ3v) is 2.34. The lowest BCUT2D eigenvalue weighted by Crippen LogP contribution is -2.14. The zero-order valence-corrected chi connectivity index (χ0v) is 8.29. The lowest BCUT2D eigenvalue weighted by atomic mass is 10.1. The van der Waals surface area contributed by atoms with Crippen LogP contribution in [0, 0.1) is 0 Å². The van der Waals surface area contributed by atoms with Gasteiger partial charge in [0.05, 0.1) is 0 Å². The van der Waals surface area contributed by atoms with Crippen molar-refractivity contribution in [3.05, 3.63) is 48.2 Å². The maximum atomic E-state index is 10.8. The Balaban J connectivity index is 2.30. The van der Waals surface area contributed by atoms with E-state index in [0.717, 1.165) is 16.6 Å². The number of H-pyrrole nitrogens is 1. The number of nitrogens with two attached hydrogens (primary N) is 1. The Morgan fingerprint density at radius 1 is 1.40 bits per heavy atom. The van der Waals surface area contributed by atoms with Crippen LogP contribution in [-0.2, 0) is 11.2 Å². The number of rotatable bonds is 3. The molecule has 0 saturated heterocycles. The van der Waals surface area contributed by atoms with Crippen molar-refractivity contribution in [2.75, 3.05) is 0 Å². The van der Waals surface area contributed by atoms with Crippen LogP contribution in [-0.4, -0.2) is 10.9 Å². The molecule has 1 amide bonds. The first-order valence-electron chi connectivity index (χ1n) is 4.71. The van der Waals surface area contributed by atoms with E-state index in [0.29, 0.717) is 12.0 Å². The fourth-order valence-corrected chi connectivity index (χ4v) is 1.55. The molecule has 1 aromatic heterocycles. The highest BCUT2D eigenvalue weighted by Crippen LogP contribution is 2.16. The first kappa shape index (κ1) is 9.52. The number of primary amides is 1. The van der Waals surface area contributed by atoms with E-state index in [9.17, 15) is 4.79 Å². The van der Waals surface area contributed by atoms with Crippen LogP contribution in [0.4, 0.5) is 0 Å². The van der Waals surface area contributed by atoms with Gasteiger partial charge >= 0.3 is 0 Å². The summed E-state index contributed by atoms with van der Waals surface area (Å²) in [4.78, 5) is 14.0. The van der Waals surface area contributed by atoms with Crippen molar-refractivity contribution in [3.63, 3.8) is 0 Å². The van der Waals surface area contributed by atoms with Crippen LogP contribution in [0.5, 0.6) is 0 Å². The molecular formula is C12H12N2O. The number of carbonyl (C=O) groups excluding carboxylic acids is 1. The molecule has 76 valence electrons. The van der Waals surface area contributed by atoms with E-state index in [4.69, 9.17) is 5.73 Å². The van der Waals surface area contributed by atoms with Gasteiger partial charge in [-0.3, -0.25) is 4.79 Å². The monoisotopic (exact) mass is 200 g/mol. The summed E-state index contributed by atoms with van der Waals surface area (Å²) < 4.78 is 0. The molecule has 0 saturated carbocycles. The van der Waals surface area contributed by atoms with Crippen molar-refractivity contribution in [2.24, 2.45) is 5.73 Å². The number of aromatic nitrogens is 1. The molecular weight excluding hydrogens is 188 g/mol. The van der Waals surface area contributed by atoms with E-state index in [1.54, 1.807) is 0 Å². The average Bonchev–Trinajstić information content (AvgIpc) is 2.59. The fraction of sp³-hybridized carbons (Fsp3) is 0.0833. The number of amides is 1. The Bertz CT molecular complexity index is 492. The maximum Gasteiger partial charge on any atom is 0.244 e. The zero-order chi connectivity index (χ0) is 10.8. The SMILES string of the molecule is C=C(Cc1cc2ccccc2[nH]1)C(N)=O. The number of fused-ring (bicyclic) bond motifs is 1. The molecule has 15 heavy (non-hydrogen) atoms. The van der Waals surface area contributed by atoms with Crippen LogP contribution < -0.4 is 5.73 Å². The number of aromatic amines is 1. The van der Waals surface area contributed by atoms with Gasteiger partial charge in [-0.1, -0.05) is 24.8 Å². The number of para-hydroxylation sites is 1. The molecule has 0 radical (unpaired) electrons. The van der Waals surface area contributed by atoms with Crippen molar-refractivity contribution in [3.8, 4) is 0 Å². The molecule has 0 aliphatic heterocycles. The molecule has 2 aromatic rings. The van der Waals surface area contributed by atoms with Gasteiger partial charge in [0.2, 0.25) is 5.91 Å². The topological polar surface area (TPSA) is 58.9 Å². The van der Waals surface area contributed by atoms with Gasteiger partial charge in [0.1, 0.15) is 0 Å². The average molecular weight is 200 g/mol. The second-order valence-electron chi connectivity index (χ2n) is 3.53. The first-order valence-corrected chi connectivity index (χ1v) is 4.71. The Labute approximate surface area is 87.6 Å². The summed E-state index contributed by atoms with van der Waals surface area (Å²) in [5, 5.41) is 1.13. The number of hydrogen-bond donors (Lipinski definition) is 2. The molecule has 0 bridgehead atoms. The van der Waals surface area contributed by atoms with Crippen LogP contribution in [0.3, 0.4) is 0 Å². The van der Waals surface area contributed by atoms with E-state index >= 15 is 0 Å². The van der Waals surface area contributed by atoms with Gasteiger partial charge in [0.15, 0.2) is 0 Å². The van der Waals surface area contributed by atoms with Crippen molar-refractivity contribution < 1.29 is 4.79 Å². The molecule has 1 heterocycles. The zero-order valence-electron chi connectivity index (χ0n) is 8.29. The molecule has 3 heteroatoms. The van der Waals surface area contributed by atoms with Crippen molar-refractivity contribution >= 4 is 16.8 Å². The van der Waals surface area contributed by atoms with Gasteiger partial charge < -0.3 is 10.7 Å². The second-order valence-corrected chi connectivity index (χ2v) is 3.53. The van der Waals surface area contributed by atoms with Gasteiger partial charge in [-0.05, 0) is 17.5 Å². The second kappa shape index (κ2) is 3.61. The smallest absolute Gasteiger partial charge is 0.244 e. The van der Waals surface area contributed by atoms with Crippen molar-refractivity contribution in [1.29, 1.82) is 0 Å². The fourth-order valence-electron chi connectivity index (χ4n) is 1.55. The lowest BCUT2D eigenvalue weighted by molar-refractivity contribution is -0.114. The van der Waals surface area contributed by atoms with E-state index in [1.807, 2.05) is 30.3 Å². The molecule has 0 unspecified atom stereocenters. The number of benzene rings is 1. The van der Waals surface area contributed by atoms with Gasteiger partial charge in [0.25, 0.3) is 0 Å². The summed E-state index contributed by atoms with van der Waals surface area (Å²) in [6.07, 6.45) is 0.476. The van der Waals surface area contributed by atoms with Gasteiger partial charge in [-0.2, -0.15) is 0 Å². The molecule has 0 aliphatic rings. The van der Waals surface area contributed by atoms with Crippen LogP contribution in [0.25, 0.3) is 10.9 Å². The van der Waals surface area contributed by atoms with E-state index in [-0.39, 0.29) is 0 Å². The molecule has 3 N–H and O–H groups in total. The van der Waals surface area contributed by atoms with E-state index < -0.39 is 5.91 Å². The molecule has 1 aromatic carbocycles. The molecule has 3 nitrogen and oxygen atoms in total. The standard InChI is InChI=1S/C12H12N2O/c1-8(12(13)15)6-10-7-9-4-2-3-5-11(9)14-10/h2-5,7,14H,1,6H2,(H2,13,15). The Morgan fingerprint density at radius 2 is 2.13 bits per heavy atom. The third kappa shape index (κ3) is 1.91. The van der Waals surface area contributed by atoms with Gasteiger partial charge in [-0.15, -0.1) is 0 Å². The van der Waals surface area contributed by atoms with Crippen molar-refractivity contribution in [2.45, 2.75) is 6.42 Å². The first-order chi connectivity index (χ1) is 7.16. The van der Waals surface area contributed by atoms with Crippen molar-refractivity contribution in [1.82, 2.24) is 4.98 Å². The lowest BCUT2D eigenvalue weighted by Gasteiger charge is -1.97. The Hall–Kier alpha value is -2.03. The van der Waals surface area contributed by atoms with Crippen LogP contribution in [0.1, 0.15) is 5.69 Å². The predicted molar refractivity (Wildman–Crippen MR) is 60.3 cm³/mol.